The molecule has 0 atom stereocenters. The van der Waals surface area contributed by atoms with Crippen molar-refractivity contribution in [2.24, 2.45) is 0 Å². The molecule has 0 saturated heterocycles. The van der Waals surface area contributed by atoms with E-state index in [0.29, 0.717) is 18.7 Å². The Balaban J connectivity index is 1.47. The minimum absolute atomic E-state index is 0.0731. The summed E-state index contributed by atoms with van der Waals surface area (Å²) < 4.78 is 38.0. The third-order valence-corrected chi connectivity index (χ3v) is 5.76. The number of fused-ring (bicyclic) bond motifs is 1. The predicted octanol–water partition coefficient (Wildman–Crippen LogP) is 5.76. The highest BCUT2D eigenvalue weighted by molar-refractivity contribution is 5.98. The zero-order chi connectivity index (χ0) is 23.5. The van der Waals surface area contributed by atoms with Crippen molar-refractivity contribution in [1.82, 2.24) is 9.88 Å². The van der Waals surface area contributed by atoms with Gasteiger partial charge < -0.3 is 19.4 Å². The summed E-state index contributed by atoms with van der Waals surface area (Å²) in [6.45, 7) is -2.13. The lowest BCUT2D eigenvalue weighted by Crippen LogP contribution is -2.25. The van der Waals surface area contributed by atoms with E-state index in [2.05, 4.69) is 14.6 Å². The molecule has 1 saturated carbocycles. The van der Waals surface area contributed by atoms with E-state index in [1.165, 1.54) is 6.07 Å². The molecule has 1 aromatic heterocycles. The number of para-hydroxylation sites is 1. The van der Waals surface area contributed by atoms with Crippen LogP contribution in [0.1, 0.15) is 34.5 Å². The molecule has 3 aromatic carbocycles. The molecule has 34 heavy (non-hydrogen) atoms. The van der Waals surface area contributed by atoms with Crippen LogP contribution in [0.4, 0.5) is 8.78 Å². The van der Waals surface area contributed by atoms with Gasteiger partial charge in [0.25, 0.3) is 5.91 Å². The van der Waals surface area contributed by atoms with Gasteiger partial charge in [0.05, 0.1) is 5.69 Å². The van der Waals surface area contributed by atoms with Gasteiger partial charge >= 0.3 is 6.61 Å². The molecular formula is C27H24F2N2O3. The molecule has 7 heteroatoms. The highest BCUT2D eigenvalue weighted by atomic mass is 19.3. The van der Waals surface area contributed by atoms with Crippen molar-refractivity contribution in [2.45, 2.75) is 38.6 Å². The van der Waals surface area contributed by atoms with Gasteiger partial charge in [0.1, 0.15) is 18.1 Å². The van der Waals surface area contributed by atoms with Crippen molar-refractivity contribution < 1.29 is 23.0 Å². The van der Waals surface area contributed by atoms with Crippen LogP contribution in [-0.2, 0) is 13.2 Å². The summed E-state index contributed by atoms with van der Waals surface area (Å²) in [6.07, 6.45) is 2.05. The zero-order valence-electron chi connectivity index (χ0n) is 18.4. The summed E-state index contributed by atoms with van der Waals surface area (Å²) in [6, 6.07) is 24.1. The fourth-order valence-electron chi connectivity index (χ4n) is 3.95. The molecule has 1 aliphatic carbocycles. The number of carbonyl (C=O) groups excluding carboxylic acids is 1. The van der Waals surface area contributed by atoms with Gasteiger partial charge in [0.2, 0.25) is 0 Å². The number of hydrogen-bond acceptors (Lipinski definition) is 3. The average Bonchev–Trinajstić information content (AvgIpc) is 3.58. The molecule has 0 bridgehead atoms. The minimum atomic E-state index is -2.88. The molecule has 0 radical (unpaired) electrons. The van der Waals surface area contributed by atoms with Gasteiger partial charge in [-0.25, -0.2) is 0 Å². The van der Waals surface area contributed by atoms with Gasteiger partial charge in [0, 0.05) is 29.1 Å². The van der Waals surface area contributed by atoms with Crippen molar-refractivity contribution in [2.75, 3.05) is 0 Å². The normalized spacial score (nSPS) is 13.3. The molecular weight excluding hydrogens is 438 g/mol. The first-order valence-electron chi connectivity index (χ1n) is 11.2. The quantitative estimate of drug-likeness (QED) is 0.344. The number of aromatic nitrogens is 1. The standard InChI is InChI=1S/C27H24F2N2O3/c28-27(29)34-24-8-4-5-18(13-24)16-31-22(17-33-23-6-2-1-3-7-23)15-20-14-19(9-12-25(20)31)26(32)30-21-10-11-21/h1-9,12-15,21,27H,10-11,16-17H2,(H,30,32). The second-order valence-corrected chi connectivity index (χ2v) is 8.37. The summed E-state index contributed by atoms with van der Waals surface area (Å²) in [5, 5.41) is 3.93. The molecule has 0 unspecified atom stereocenters. The van der Waals surface area contributed by atoms with E-state index in [1.54, 1.807) is 12.1 Å². The van der Waals surface area contributed by atoms with Gasteiger partial charge in [-0.3, -0.25) is 4.79 Å². The molecule has 1 heterocycles. The lowest BCUT2D eigenvalue weighted by atomic mass is 10.1. The Morgan fingerprint density at radius 3 is 2.53 bits per heavy atom. The molecule has 4 aromatic rings. The lowest BCUT2D eigenvalue weighted by molar-refractivity contribution is -0.0498. The van der Waals surface area contributed by atoms with Crippen LogP contribution in [0.5, 0.6) is 11.5 Å². The lowest BCUT2D eigenvalue weighted by Gasteiger charge is -2.13. The number of nitrogens with zero attached hydrogens (tertiary/aromatic N) is 1. The number of alkyl halides is 2. The highest BCUT2D eigenvalue weighted by Crippen LogP contribution is 2.26. The highest BCUT2D eigenvalue weighted by Gasteiger charge is 2.24. The molecule has 1 N–H and O–H groups in total. The van der Waals surface area contributed by atoms with Crippen LogP contribution in [0.25, 0.3) is 10.9 Å². The Hall–Kier alpha value is -3.87. The number of ether oxygens (including phenoxy) is 2. The molecule has 1 amide bonds. The smallest absolute Gasteiger partial charge is 0.387 e. The van der Waals surface area contributed by atoms with E-state index in [9.17, 15) is 13.6 Å². The van der Waals surface area contributed by atoms with Gasteiger partial charge in [-0.1, -0.05) is 30.3 Å². The fraction of sp³-hybridized carbons (Fsp3) is 0.222. The summed E-state index contributed by atoms with van der Waals surface area (Å²) in [7, 11) is 0. The number of carbonyl (C=O) groups is 1. The van der Waals surface area contributed by atoms with Crippen molar-refractivity contribution >= 4 is 16.8 Å². The first kappa shape index (κ1) is 21.9. The summed E-state index contributed by atoms with van der Waals surface area (Å²) in [4.78, 5) is 12.5. The third-order valence-electron chi connectivity index (χ3n) is 5.76. The Kier molecular flexibility index (Phi) is 6.16. The Bertz CT molecular complexity index is 1300. The van der Waals surface area contributed by atoms with Crippen LogP contribution < -0.4 is 14.8 Å². The van der Waals surface area contributed by atoms with Gasteiger partial charge in [0.15, 0.2) is 0 Å². The Morgan fingerprint density at radius 1 is 0.971 bits per heavy atom. The monoisotopic (exact) mass is 462 g/mol. The number of halogens is 2. The van der Waals surface area contributed by atoms with Crippen molar-refractivity contribution in [3.63, 3.8) is 0 Å². The number of nitrogens with one attached hydrogen (secondary N) is 1. The van der Waals surface area contributed by atoms with Gasteiger partial charge in [-0.05, 0) is 66.9 Å². The summed E-state index contributed by atoms with van der Waals surface area (Å²) >= 11 is 0. The largest absolute Gasteiger partial charge is 0.487 e. The number of benzene rings is 3. The van der Waals surface area contributed by atoms with Crippen molar-refractivity contribution in [1.29, 1.82) is 0 Å². The topological polar surface area (TPSA) is 52.5 Å². The fourth-order valence-corrected chi connectivity index (χ4v) is 3.95. The van der Waals surface area contributed by atoms with Crippen LogP contribution in [0.15, 0.2) is 78.9 Å². The van der Waals surface area contributed by atoms with E-state index >= 15 is 0 Å². The van der Waals surface area contributed by atoms with Crippen LogP contribution in [0.3, 0.4) is 0 Å². The van der Waals surface area contributed by atoms with Crippen molar-refractivity contribution in [3.05, 3.63) is 95.7 Å². The maximum absolute atomic E-state index is 12.7. The summed E-state index contributed by atoms with van der Waals surface area (Å²) in [5.74, 6) is 0.789. The van der Waals surface area contributed by atoms with Crippen molar-refractivity contribution in [3.8, 4) is 11.5 Å². The van der Waals surface area contributed by atoms with E-state index in [-0.39, 0.29) is 17.7 Å². The molecule has 1 aliphatic rings. The Labute approximate surface area is 195 Å². The maximum Gasteiger partial charge on any atom is 0.387 e. The first-order chi connectivity index (χ1) is 16.5. The number of rotatable bonds is 9. The van der Waals surface area contributed by atoms with Crippen LogP contribution in [0.2, 0.25) is 0 Å². The Morgan fingerprint density at radius 2 is 1.76 bits per heavy atom. The maximum atomic E-state index is 12.7. The van der Waals surface area contributed by atoms with E-state index in [0.717, 1.165) is 40.8 Å². The molecule has 1 fully saturated rings. The van der Waals surface area contributed by atoms with Crippen LogP contribution >= 0.6 is 0 Å². The molecule has 174 valence electrons. The van der Waals surface area contributed by atoms with Gasteiger partial charge in [-0.15, -0.1) is 0 Å². The van der Waals surface area contributed by atoms with Crippen LogP contribution in [-0.4, -0.2) is 23.1 Å². The second-order valence-electron chi connectivity index (χ2n) is 8.37. The van der Waals surface area contributed by atoms with E-state index in [4.69, 9.17) is 4.74 Å². The van der Waals surface area contributed by atoms with Crippen LogP contribution in [0, 0.1) is 0 Å². The predicted molar refractivity (Wildman–Crippen MR) is 125 cm³/mol. The molecule has 5 rings (SSSR count). The van der Waals surface area contributed by atoms with E-state index < -0.39 is 6.61 Å². The number of hydrogen-bond donors (Lipinski definition) is 1. The SMILES string of the molecule is O=C(NC1CC1)c1ccc2c(c1)cc(COc1ccccc1)n2Cc1cccc(OC(F)F)c1. The molecule has 0 aliphatic heterocycles. The second kappa shape index (κ2) is 9.55. The summed E-state index contributed by atoms with van der Waals surface area (Å²) in [5.41, 5.74) is 3.25. The van der Waals surface area contributed by atoms with Gasteiger partial charge in [-0.2, -0.15) is 8.78 Å². The average molecular weight is 462 g/mol. The zero-order valence-corrected chi connectivity index (χ0v) is 18.4. The molecule has 0 spiro atoms. The first-order valence-corrected chi connectivity index (χ1v) is 11.2. The number of amides is 1. The van der Waals surface area contributed by atoms with E-state index in [1.807, 2.05) is 60.7 Å². The molecule has 5 nitrogen and oxygen atoms in total. The minimum Gasteiger partial charge on any atom is -0.487 e. The third kappa shape index (κ3) is 5.20.